The number of halogens is 1. The maximum absolute atomic E-state index is 12.7. The van der Waals surface area contributed by atoms with Gasteiger partial charge in [0.1, 0.15) is 0 Å². The molecule has 1 aromatic carbocycles. The van der Waals surface area contributed by atoms with Crippen molar-refractivity contribution in [1.29, 1.82) is 0 Å². The van der Waals surface area contributed by atoms with Crippen molar-refractivity contribution < 1.29 is 23.4 Å². The Hall–Kier alpha value is -0.960. The van der Waals surface area contributed by atoms with Crippen LogP contribution >= 0.6 is 15.9 Å². The molecule has 116 valence electrons. The number of hydrogen-bond donors (Lipinski definition) is 2. The van der Waals surface area contributed by atoms with Crippen molar-refractivity contribution in [2.24, 2.45) is 0 Å². The summed E-state index contributed by atoms with van der Waals surface area (Å²) in [6.45, 7) is -0.208. The maximum Gasteiger partial charge on any atom is 0.335 e. The lowest BCUT2D eigenvalue weighted by Crippen LogP contribution is -2.45. The molecule has 1 aromatic rings. The van der Waals surface area contributed by atoms with Crippen LogP contribution < -0.4 is 0 Å². The molecule has 6 nitrogen and oxygen atoms in total. The lowest BCUT2D eigenvalue weighted by atomic mass is 9.93. The first-order chi connectivity index (χ1) is 9.87. The molecule has 8 heteroatoms. The van der Waals surface area contributed by atoms with Crippen molar-refractivity contribution in [3.63, 3.8) is 0 Å². The number of carboxylic acids is 1. The summed E-state index contributed by atoms with van der Waals surface area (Å²) in [6.07, 6.45) is 2.54. The van der Waals surface area contributed by atoms with Gasteiger partial charge in [-0.05, 0) is 47.0 Å². The highest BCUT2D eigenvalue weighted by molar-refractivity contribution is 9.10. The molecule has 2 N–H and O–H groups in total. The fourth-order valence-electron chi connectivity index (χ4n) is 2.24. The van der Waals surface area contributed by atoms with Gasteiger partial charge in [0, 0.05) is 17.1 Å². The number of carbonyl (C=O) groups is 1. The van der Waals surface area contributed by atoms with Gasteiger partial charge in [0.2, 0.25) is 10.0 Å². The largest absolute Gasteiger partial charge is 0.478 e. The van der Waals surface area contributed by atoms with Crippen LogP contribution in [0.25, 0.3) is 0 Å². The lowest BCUT2D eigenvalue weighted by Gasteiger charge is -2.36. The molecule has 0 bridgehead atoms. The van der Waals surface area contributed by atoms with Crippen LogP contribution in [-0.4, -0.2) is 48.1 Å². The number of carboxylic acid groups (broad SMARTS) is 1. The number of hydrogen-bond acceptors (Lipinski definition) is 4. The Bertz CT molecular complexity index is 642. The molecule has 0 atom stereocenters. The highest BCUT2D eigenvalue weighted by Crippen LogP contribution is 2.32. The average molecular weight is 378 g/mol. The minimum atomic E-state index is -3.76. The molecule has 0 unspecified atom stereocenters. The van der Waals surface area contributed by atoms with E-state index in [1.807, 2.05) is 0 Å². The van der Waals surface area contributed by atoms with Crippen molar-refractivity contribution in [1.82, 2.24) is 4.31 Å². The Kier molecular flexibility index (Phi) is 5.03. The van der Waals surface area contributed by atoms with Gasteiger partial charge in [0.15, 0.2) is 0 Å². The Labute approximate surface area is 131 Å². The first-order valence-electron chi connectivity index (χ1n) is 6.53. The van der Waals surface area contributed by atoms with Gasteiger partial charge >= 0.3 is 5.97 Å². The van der Waals surface area contributed by atoms with Gasteiger partial charge in [-0.1, -0.05) is 6.42 Å². The molecule has 1 fully saturated rings. The van der Waals surface area contributed by atoms with E-state index >= 15 is 0 Å². The second-order valence-electron chi connectivity index (χ2n) is 4.87. The molecule has 1 aliphatic carbocycles. The third-order valence-corrected chi connectivity index (χ3v) is 6.50. The normalized spacial score (nSPS) is 16.0. The maximum atomic E-state index is 12.7. The Morgan fingerprint density at radius 2 is 2.05 bits per heavy atom. The number of rotatable bonds is 6. The van der Waals surface area contributed by atoms with E-state index in [1.54, 1.807) is 0 Å². The van der Waals surface area contributed by atoms with Gasteiger partial charge in [0.05, 0.1) is 17.1 Å². The molecule has 2 rings (SSSR count). The third kappa shape index (κ3) is 3.28. The molecule has 21 heavy (non-hydrogen) atoms. The van der Waals surface area contributed by atoms with E-state index in [-0.39, 0.29) is 34.1 Å². The highest BCUT2D eigenvalue weighted by atomic mass is 79.9. The number of aromatic carboxylic acids is 1. The minimum Gasteiger partial charge on any atom is -0.478 e. The summed E-state index contributed by atoms with van der Waals surface area (Å²) >= 11 is 3.13. The quantitative estimate of drug-likeness (QED) is 0.786. The summed E-state index contributed by atoms with van der Waals surface area (Å²) in [5, 5.41) is 18.0. The molecular weight excluding hydrogens is 362 g/mol. The van der Waals surface area contributed by atoms with Crippen LogP contribution in [0.2, 0.25) is 0 Å². The van der Waals surface area contributed by atoms with E-state index in [0.29, 0.717) is 0 Å². The molecule has 1 saturated carbocycles. The number of benzene rings is 1. The molecule has 0 aromatic heterocycles. The van der Waals surface area contributed by atoms with Crippen LogP contribution in [0.15, 0.2) is 27.6 Å². The summed E-state index contributed by atoms with van der Waals surface area (Å²) in [7, 11) is -3.76. The lowest BCUT2D eigenvalue weighted by molar-refractivity contribution is 0.0696. The Morgan fingerprint density at radius 3 is 2.48 bits per heavy atom. The van der Waals surface area contributed by atoms with Crippen LogP contribution in [0.5, 0.6) is 0 Å². The second-order valence-corrected chi connectivity index (χ2v) is 7.59. The van der Waals surface area contributed by atoms with Gasteiger partial charge < -0.3 is 10.2 Å². The first-order valence-corrected chi connectivity index (χ1v) is 8.76. The van der Waals surface area contributed by atoms with Gasteiger partial charge in [-0.3, -0.25) is 0 Å². The van der Waals surface area contributed by atoms with Gasteiger partial charge in [0.25, 0.3) is 0 Å². The smallest absolute Gasteiger partial charge is 0.335 e. The topological polar surface area (TPSA) is 94.9 Å². The number of aliphatic hydroxyl groups is 1. The molecule has 0 saturated heterocycles. The van der Waals surface area contributed by atoms with Crippen LogP contribution in [0.3, 0.4) is 0 Å². The van der Waals surface area contributed by atoms with E-state index in [0.717, 1.165) is 19.3 Å². The summed E-state index contributed by atoms with van der Waals surface area (Å²) in [5.74, 6) is -1.12. The zero-order valence-corrected chi connectivity index (χ0v) is 13.6. The van der Waals surface area contributed by atoms with Crippen LogP contribution in [-0.2, 0) is 10.0 Å². The highest BCUT2D eigenvalue weighted by Gasteiger charge is 2.35. The van der Waals surface area contributed by atoms with E-state index in [4.69, 9.17) is 10.2 Å². The molecule has 0 heterocycles. The predicted octanol–water partition coefficient (Wildman–Crippen LogP) is 1.68. The number of aliphatic hydroxyl groups excluding tert-OH is 1. The van der Waals surface area contributed by atoms with Gasteiger partial charge in [-0.25, -0.2) is 13.2 Å². The first kappa shape index (κ1) is 16.4. The second kappa shape index (κ2) is 6.43. The Balaban J connectivity index is 2.39. The zero-order valence-electron chi connectivity index (χ0n) is 11.2. The Morgan fingerprint density at radius 1 is 1.38 bits per heavy atom. The van der Waals surface area contributed by atoms with Crippen LogP contribution in [0, 0.1) is 0 Å². The van der Waals surface area contributed by atoms with E-state index < -0.39 is 16.0 Å². The molecular formula is C13H16BrNO5S. The molecule has 1 aliphatic rings. The predicted molar refractivity (Wildman–Crippen MR) is 79.7 cm³/mol. The van der Waals surface area contributed by atoms with Gasteiger partial charge in [-0.2, -0.15) is 4.31 Å². The number of sulfonamides is 1. The fourth-order valence-corrected chi connectivity index (χ4v) is 4.96. The van der Waals surface area contributed by atoms with Crippen LogP contribution in [0.1, 0.15) is 29.6 Å². The van der Waals surface area contributed by atoms with E-state index in [1.165, 1.54) is 22.5 Å². The van der Waals surface area contributed by atoms with Crippen molar-refractivity contribution in [2.75, 3.05) is 13.2 Å². The molecule has 0 spiro atoms. The number of nitrogens with zero attached hydrogens (tertiary/aromatic N) is 1. The van der Waals surface area contributed by atoms with Crippen molar-refractivity contribution in [3.05, 3.63) is 28.2 Å². The molecule has 0 aliphatic heterocycles. The fraction of sp³-hybridized carbons (Fsp3) is 0.462. The third-order valence-electron chi connectivity index (χ3n) is 3.57. The van der Waals surface area contributed by atoms with E-state index in [9.17, 15) is 13.2 Å². The summed E-state index contributed by atoms with van der Waals surface area (Å²) < 4.78 is 26.9. The van der Waals surface area contributed by atoms with E-state index in [2.05, 4.69) is 15.9 Å². The van der Waals surface area contributed by atoms with Gasteiger partial charge in [-0.15, -0.1) is 0 Å². The summed E-state index contributed by atoms with van der Waals surface area (Å²) in [4.78, 5) is 10.9. The average Bonchev–Trinajstić information content (AvgIpc) is 2.35. The monoisotopic (exact) mass is 377 g/mol. The zero-order chi connectivity index (χ0) is 15.6. The molecule has 0 amide bonds. The summed E-state index contributed by atoms with van der Waals surface area (Å²) in [6, 6.07) is 3.73. The standard InChI is InChI=1S/C13H16BrNO5S/c14-11-8-9(13(17)18)4-5-12(11)21(19,20)15(6-7-16)10-2-1-3-10/h4-5,8,10,16H,1-3,6-7H2,(H,17,18). The minimum absolute atomic E-state index is 0.0122. The van der Waals surface area contributed by atoms with Crippen molar-refractivity contribution in [3.8, 4) is 0 Å². The van der Waals surface area contributed by atoms with Crippen LogP contribution in [0.4, 0.5) is 0 Å². The summed E-state index contributed by atoms with van der Waals surface area (Å²) in [5.41, 5.74) is 0.0122. The van der Waals surface area contributed by atoms with Crippen molar-refractivity contribution >= 4 is 31.9 Å². The molecule has 0 radical (unpaired) electrons. The SMILES string of the molecule is O=C(O)c1ccc(S(=O)(=O)N(CCO)C2CCC2)c(Br)c1. The van der Waals surface area contributed by atoms with Crippen molar-refractivity contribution in [2.45, 2.75) is 30.2 Å².